The molecule has 5 nitrogen and oxygen atoms in total. The number of para-hydroxylation sites is 1. The number of rotatable bonds is 6. The van der Waals surface area contributed by atoms with E-state index in [4.69, 9.17) is 4.74 Å². The minimum absolute atomic E-state index is 0.188. The van der Waals surface area contributed by atoms with Crippen molar-refractivity contribution in [3.05, 3.63) is 46.8 Å². The van der Waals surface area contributed by atoms with Gasteiger partial charge in [0.15, 0.2) is 0 Å². The first-order valence-corrected chi connectivity index (χ1v) is 7.08. The van der Waals surface area contributed by atoms with Gasteiger partial charge in [0.05, 0.1) is 11.4 Å². The van der Waals surface area contributed by atoms with Gasteiger partial charge in [-0.05, 0) is 38.0 Å². The predicted octanol–water partition coefficient (Wildman–Crippen LogP) is 3.05. The summed E-state index contributed by atoms with van der Waals surface area (Å²) in [6.45, 7) is 6.99. The quantitative estimate of drug-likeness (QED) is 0.887. The molecule has 0 bridgehead atoms. The molecule has 0 amide bonds. The first-order chi connectivity index (χ1) is 10.1. The molecule has 21 heavy (non-hydrogen) atoms. The molecule has 0 saturated carbocycles. The summed E-state index contributed by atoms with van der Waals surface area (Å²) in [4.78, 5) is 11.3. The third-order valence-corrected chi connectivity index (χ3v) is 3.38. The lowest BCUT2D eigenvalue weighted by Crippen LogP contribution is -2.09. The Morgan fingerprint density at radius 2 is 2.14 bits per heavy atom. The summed E-state index contributed by atoms with van der Waals surface area (Å²) in [5, 5.41) is 13.7. The molecule has 1 N–H and O–H groups in total. The highest BCUT2D eigenvalue weighted by atomic mass is 16.5. The van der Waals surface area contributed by atoms with E-state index < -0.39 is 5.97 Å². The van der Waals surface area contributed by atoms with E-state index in [1.54, 1.807) is 12.1 Å². The summed E-state index contributed by atoms with van der Waals surface area (Å²) in [5.41, 5.74) is 2.97. The van der Waals surface area contributed by atoms with Gasteiger partial charge in [-0.25, -0.2) is 4.79 Å². The number of hydrogen-bond acceptors (Lipinski definition) is 3. The summed E-state index contributed by atoms with van der Waals surface area (Å²) in [6.07, 6.45) is 0.866. The number of aromatic nitrogens is 2. The van der Waals surface area contributed by atoms with E-state index in [1.165, 1.54) is 0 Å². The molecular weight excluding hydrogens is 268 g/mol. The number of hydrogen-bond donors (Lipinski definition) is 1. The van der Waals surface area contributed by atoms with Crippen LogP contribution in [0.2, 0.25) is 0 Å². The molecule has 0 aliphatic carbocycles. The van der Waals surface area contributed by atoms with Crippen molar-refractivity contribution in [2.75, 3.05) is 0 Å². The SMILES string of the molecule is CCc1cc(COc2c(C)cccc2C(=O)O)n(CC)n1. The molecule has 0 unspecified atom stereocenters. The summed E-state index contributed by atoms with van der Waals surface area (Å²) in [6, 6.07) is 7.12. The van der Waals surface area contributed by atoms with Crippen molar-refractivity contribution >= 4 is 5.97 Å². The number of carbonyl (C=O) groups is 1. The van der Waals surface area contributed by atoms with Gasteiger partial charge in [0, 0.05) is 6.54 Å². The average molecular weight is 288 g/mol. The summed E-state index contributed by atoms with van der Waals surface area (Å²) in [7, 11) is 0. The zero-order valence-electron chi connectivity index (χ0n) is 12.6. The van der Waals surface area contributed by atoms with Gasteiger partial charge in [-0.2, -0.15) is 5.10 Å². The summed E-state index contributed by atoms with van der Waals surface area (Å²) in [5.74, 6) is -0.557. The lowest BCUT2D eigenvalue weighted by molar-refractivity contribution is 0.0691. The van der Waals surface area contributed by atoms with Crippen molar-refractivity contribution in [2.45, 2.75) is 40.3 Å². The topological polar surface area (TPSA) is 64.3 Å². The van der Waals surface area contributed by atoms with E-state index in [9.17, 15) is 9.90 Å². The zero-order chi connectivity index (χ0) is 15.4. The van der Waals surface area contributed by atoms with E-state index in [2.05, 4.69) is 12.0 Å². The maximum atomic E-state index is 11.3. The van der Waals surface area contributed by atoms with Crippen molar-refractivity contribution in [1.82, 2.24) is 9.78 Å². The Morgan fingerprint density at radius 3 is 2.76 bits per heavy atom. The van der Waals surface area contributed by atoms with E-state index in [-0.39, 0.29) is 5.56 Å². The number of carboxylic acid groups (broad SMARTS) is 1. The lowest BCUT2D eigenvalue weighted by atomic mass is 10.1. The molecule has 0 atom stereocenters. The maximum absolute atomic E-state index is 11.3. The minimum Gasteiger partial charge on any atom is -0.486 e. The second-order valence-corrected chi connectivity index (χ2v) is 4.84. The second-order valence-electron chi connectivity index (χ2n) is 4.84. The van der Waals surface area contributed by atoms with Crippen molar-refractivity contribution in [3.63, 3.8) is 0 Å². The van der Waals surface area contributed by atoms with Crippen LogP contribution in [0.3, 0.4) is 0 Å². The van der Waals surface area contributed by atoms with Crippen LogP contribution in [0.25, 0.3) is 0 Å². The van der Waals surface area contributed by atoms with Crippen molar-refractivity contribution < 1.29 is 14.6 Å². The molecule has 0 radical (unpaired) electrons. The van der Waals surface area contributed by atoms with Gasteiger partial charge in [-0.1, -0.05) is 19.1 Å². The van der Waals surface area contributed by atoms with Gasteiger partial charge in [0.25, 0.3) is 0 Å². The first-order valence-electron chi connectivity index (χ1n) is 7.08. The van der Waals surface area contributed by atoms with Gasteiger partial charge in [0.1, 0.15) is 17.9 Å². The molecule has 1 aromatic heterocycles. The molecule has 0 spiro atoms. The molecule has 112 valence electrons. The van der Waals surface area contributed by atoms with Crippen LogP contribution in [0, 0.1) is 6.92 Å². The summed E-state index contributed by atoms with van der Waals surface area (Å²) < 4.78 is 7.66. The molecule has 0 saturated heterocycles. The number of ether oxygens (including phenoxy) is 1. The number of benzene rings is 1. The van der Waals surface area contributed by atoms with E-state index >= 15 is 0 Å². The van der Waals surface area contributed by atoms with Crippen LogP contribution >= 0.6 is 0 Å². The lowest BCUT2D eigenvalue weighted by Gasteiger charge is -2.12. The van der Waals surface area contributed by atoms with Crippen molar-refractivity contribution in [3.8, 4) is 5.75 Å². The van der Waals surface area contributed by atoms with Gasteiger partial charge in [-0.3, -0.25) is 4.68 Å². The standard InChI is InChI=1S/C16H20N2O3/c1-4-12-9-13(18(5-2)17-12)10-21-15-11(3)7-6-8-14(15)16(19)20/h6-9H,4-5,10H2,1-3H3,(H,19,20). The van der Waals surface area contributed by atoms with Crippen LogP contribution in [-0.4, -0.2) is 20.9 Å². The molecule has 1 heterocycles. The molecule has 2 aromatic rings. The smallest absolute Gasteiger partial charge is 0.339 e. The fraction of sp³-hybridized carbons (Fsp3) is 0.375. The Morgan fingerprint density at radius 1 is 1.38 bits per heavy atom. The number of aromatic carboxylic acids is 1. The van der Waals surface area contributed by atoms with Gasteiger partial charge in [-0.15, -0.1) is 0 Å². The molecule has 1 aromatic carbocycles. The minimum atomic E-state index is -0.980. The molecule has 0 fully saturated rings. The molecule has 5 heteroatoms. The van der Waals surface area contributed by atoms with Gasteiger partial charge >= 0.3 is 5.97 Å². The van der Waals surface area contributed by atoms with Crippen molar-refractivity contribution in [2.24, 2.45) is 0 Å². The Kier molecular flexibility index (Phi) is 4.62. The highest BCUT2D eigenvalue weighted by Crippen LogP contribution is 2.24. The maximum Gasteiger partial charge on any atom is 0.339 e. The third kappa shape index (κ3) is 3.24. The molecule has 2 rings (SSSR count). The normalized spacial score (nSPS) is 10.6. The highest BCUT2D eigenvalue weighted by molar-refractivity contribution is 5.91. The number of aryl methyl sites for hydroxylation is 3. The van der Waals surface area contributed by atoms with Gasteiger partial charge in [0.2, 0.25) is 0 Å². The van der Waals surface area contributed by atoms with Crippen LogP contribution in [0.4, 0.5) is 0 Å². The number of carboxylic acids is 1. The fourth-order valence-electron chi connectivity index (χ4n) is 2.24. The van der Waals surface area contributed by atoms with Crippen molar-refractivity contribution in [1.29, 1.82) is 0 Å². The van der Waals surface area contributed by atoms with Crippen LogP contribution in [-0.2, 0) is 19.6 Å². The van der Waals surface area contributed by atoms with Crippen LogP contribution in [0.5, 0.6) is 5.75 Å². The highest BCUT2D eigenvalue weighted by Gasteiger charge is 2.14. The predicted molar refractivity (Wildman–Crippen MR) is 79.7 cm³/mol. The van der Waals surface area contributed by atoms with Crippen LogP contribution in [0.15, 0.2) is 24.3 Å². The van der Waals surface area contributed by atoms with Gasteiger partial charge < -0.3 is 9.84 Å². The Hall–Kier alpha value is -2.30. The zero-order valence-corrected chi connectivity index (χ0v) is 12.6. The monoisotopic (exact) mass is 288 g/mol. The van der Waals surface area contributed by atoms with E-state index in [0.29, 0.717) is 12.4 Å². The third-order valence-electron chi connectivity index (χ3n) is 3.38. The van der Waals surface area contributed by atoms with Crippen LogP contribution in [0.1, 0.15) is 41.2 Å². The second kappa shape index (κ2) is 6.43. The fourth-order valence-corrected chi connectivity index (χ4v) is 2.24. The molecule has 0 aliphatic rings. The Labute approximate surface area is 124 Å². The van der Waals surface area contributed by atoms with Crippen LogP contribution < -0.4 is 4.74 Å². The average Bonchev–Trinajstić information content (AvgIpc) is 2.88. The number of nitrogens with zero attached hydrogens (tertiary/aromatic N) is 2. The first kappa shape index (κ1) is 15.1. The molecular formula is C16H20N2O3. The Balaban J connectivity index is 2.24. The molecule has 0 aliphatic heterocycles. The summed E-state index contributed by atoms with van der Waals surface area (Å²) >= 11 is 0. The Bertz CT molecular complexity index is 647. The van der Waals surface area contributed by atoms with E-state index in [0.717, 1.165) is 29.9 Å². The largest absolute Gasteiger partial charge is 0.486 e. The van der Waals surface area contributed by atoms with E-state index in [1.807, 2.05) is 30.7 Å².